The Balaban J connectivity index is 1.07. The number of fused-ring (bicyclic) bond motifs is 1. The van der Waals surface area contributed by atoms with Crippen LogP contribution in [-0.4, -0.2) is 71.3 Å². The van der Waals surface area contributed by atoms with Crippen LogP contribution < -0.4 is 14.4 Å². The van der Waals surface area contributed by atoms with E-state index in [0.29, 0.717) is 44.2 Å². The van der Waals surface area contributed by atoms with Crippen molar-refractivity contribution in [3.05, 3.63) is 66.2 Å². The molecular formula is C29H31N5O4. The fourth-order valence-electron chi connectivity index (χ4n) is 5.09. The highest BCUT2D eigenvalue weighted by atomic mass is 16.7. The van der Waals surface area contributed by atoms with Crippen molar-refractivity contribution in [2.45, 2.75) is 25.8 Å². The second-order valence-electron chi connectivity index (χ2n) is 10.0. The van der Waals surface area contributed by atoms with Gasteiger partial charge in [0.15, 0.2) is 17.3 Å². The van der Waals surface area contributed by atoms with Gasteiger partial charge in [0.05, 0.1) is 5.69 Å². The van der Waals surface area contributed by atoms with Gasteiger partial charge < -0.3 is 24.2 Å². The molecule has 0 N–H and O–H groups in total. The van der Waals surface area contributed by atoms with E-state index in [2.05, 4.69) is 15.1 Å². The number of amides is 2. The molecule has 3 aliphatic rings. The summed E-state index contributed by atoms with van der Waals surface area (Å²) in [5.74, 6) is 2.26. The molecule has 1 aliphatic carbocycles. The van der Waals surface area contributed by atoms with Crippen LogP contribution in [-0.2, 0) is 16.1 Å². The molecule has 38 heavy (non-hydrogen) atoms. The van der Waals surface area contributed by atoms with Gasteiger partial charge in [0, 0.05) is 44.2 Å². The van der Waals surface area contributed by atoms with Crippen LogP contribution in [0.25, 0.3) is 11.3 Å². The van der Waals surface area contributed by atoms with Crippen LogP contribution in [0.1, 0.15) is 24.8 Å². The van der Waals surface area contributed by atoms with Gasteiger partial charge in [0.1, 0.15) is 6.54 Å². The monoisotopic (exact) mass is 513 g/mol. The third-order valence-corrected chi connectivity index (χ3v) is 7.58. The van der Waals surface area contributed by atoms with Crippen molar-refractivity contribution >= 4 is 17.6 Å². The number of piperazine rings is 1. The number of carbonyl (C=O) groups excluding carboxylic acids is 2. The molecule has 0 atom stereocenters. The SMILES string of the molecule is O=C(CN(Cc1ccc2c(c1)OCO2)C(=O)C1CCC1)N1CCN(c2ccc(-c3ccccc3)nn2)CC1. The first-order valence-electron chi connectivity index (χ1n) is 13.2. The van der Waals surface area contributed by atoms with E-state index in [1.807, 2.05) is 65.6 Å². The zero-order valence-corrected chi connectivity index (χ0v) is 21.3. The number of carbonyl (C=O) groups is 2. The van der Waals surface area contributed by atoms with Crippen molar-refractivity contribution in [1.82, 2.24) is 20.0 Å². The molecule has 0 radical (unpaired) electrons. The fourth-order valence-corrected chi connectivity index (χ4v) is 5.09. The molecule has 9 heteroatoms. The van der Waals surface area contributed by atoms with Crippen LogP contribution >= 0.6 is 0 Å². The molecule has 6 rings (SSSR count). The van der Waals surface area contributed by atoms with Gasteiger partial charge in [0.25, 0.3) is 0 Å². The summed E-state index contributed by atoms with van der Waals surface area (Å²) >= 11 is 0. The first kappa shape index (κ1) is 24.2. The van der Waals surface area contributed by atoms with E-state index in [4.69, 9.17) is 9.47 Å². The third-order valence-electron chi connectivity index (χ3n) is 7.58. The van der Waals surface area contributed by atoms with Gasteiger partial charge in [-0.15, -0.1) is 10.2 Å². The Kier molecular flexibility index (Phi) is 6.81. The largest absolute Gasteiger partial charge is 0.454 e. The number of ether oxygens (including phenoxy) is 2. The summed E-state index contributed by atoms with van der Waals surface area (Å²) in [6.45, 7) is 3.16. The predicted molar refractivity (Wildman–Crippen MR) is 142 cm³/mol. The number of anilines is 1. The Morgan fingerprint density at radius 1 is 0.895 bits per heavy atom. The summed E-state index contributed by atoms with van der Waals surface area (Å²) in [4.78, 5) is 32.2. The molecule has 1 saturated carbocycles. The lowest BCUT2D eigenvalue weighted by Crippen LogP contribution is -2.52. The number of hydrogen-bond acceptors (Lipinski definition) is 7. The Morgan fingerprint density at radius 2 is 1.68 bits per heavy atom. The zero-order chi connectivity index (χ0) is 25.9. The maximum atomic E-state index is 13.3. The lowest BCUT2D eigenvalue weighted by atomic mass is 9.84. The number of rotatable bonds is 7. The third kappa shape index (κ3) is 5.14. The van der Waals surface area contributed by atoms with Gasteiger partial charge in [-0.3, -0.25) is 9.59 Å². The minimum atomic E-state index is -0.0245. The quantitative estimate of drug-likeness (QED) is 0.479. The molecular weight excluding hydrogens is 482 g/mol. The molecule has 1 aromatic heterocycles. The molecule has 0 unspecified atom stereocenters. The Hall–Kier alpha value is -4.14. The van der Waals surface area contributed by atoms with E-state index in [1.54, 1.807) is 4.90 Å². The molecule has 3 heterocycles. The first-order chi connectivity index (χ1) is 18.6. The van der Waals surface area contributed by atoms with Crippen LogP contribution in [0.2, 0.25) is 0 Å². The first-order valence-corrected chi connectivity index (χ1v) is 13.2. The molecule has 196 valence electrons. The van der Waals surface area contributed by atoms with Crippen molar-refractivity contribution in [2.75, 3.05) is 44.4 Å². The van der Waals surface area contributed by atoms with Crippen molar-refractivity contribution in [3.8, 4) is 22.8 Å². The van der Waals surface area contributed by atoms with E-state index < -0.39 is 0 Å². The van der Waals surface area contributed by atoms with Gasteiger partial charge >= 0.3 is 0 Å². The highest BCUT2D eigenvalue weighted by Crippen LogP contribution is 2.34. The Morgan fingerprint density at radius 3 is 2.39 bits per heavy atom. The van der Waals surface area contributed by atoms with Crippen molar-refractivity contribution < 1.29 is 19.1 Å². The lowest BCUT2D eigenvalue weighted by Gasteiger charge is -2.37. The van der Waals surface area contributed by atoms with Gasteiger partial charge in [-0.25, -0.2) is 0 Å². The van der Waals surface area contributed by atoms with Crippen molar-refractivity contribution in [2.24, 2.45) is 5.92 Å². The van der Waals surface area contributed by atoms with Gasteiger partial charge in [-0.1, -0.05) is 42.8 Å². The number of nitrogens with zero attached hydrogens (tertiary/aromatic N) is 5. The highest BCUT2D eigenvalue weighted by molar-refractivity contribution is 5.86. The molecule has 9 nitrogen and oxygen atoms in total. The van der Waals surface area contributed by atoms with Crippen LogP contribution in [0.15, 0.2) is 60.7 Å². The minimum Gasteiger partial charge on any atom is -0.454 e. The van der Waals surface area contributed by atoms with Crippen molar-refractivity contribution in [3.63, 3.8) is 0 Å². The minimum absolute atomic E-state index is 0.0195. The van der Waals surface area contributed by atoms with Crippen LogP contribution in [0, 0.1) is 5.92 Å². The maximum absolute atomic E-state index is 13.3. The maximum Gasteiger partial charge on any atom is 0.242 e. The normalized spacial score (nSPS) is 16.7. The average Bonchev–Trinajstić information content (AvgIpc) is 3.40. The summed E-state index contributed by atoms with van der Waals surface area (Å²) < 4.78 is 10.9. The summed E-state index contributed by atoms with van der Waals surface area (Å²) in [5, 5.41) is 8.82. The van der Waals surface area contributed by atoms with E-state index in [9.17, 15) is 9.59 Å². The van der Waals surface area contributed by atoms with E-state index in [1.165, 1.54) is 0 Å². The molecule has 2 aliphatic heterocycles. The number of hydrogen-bond donors (Lipinski definition) is 0. The molecule has 2 fully saturated rings. The summed E-state index contributed by atoms with van der Waals surface area (Å²) in [6.07, 6.45) is 2.86. The van der Waals surface area contributed by atoms with E-state index >= 15 is 0 Å². The highest BCUT2D eigenvalue weighted by Gasteiger charge is 2.32. The van der Waals surface area contributed by atoms with Crippen LogP contribution in [0.4, 0.5) is 5.82 Å². The topological polar surface area (TPSA) is 88.1 Å². The summed E-state index contributed by atoms with van der Waals surface area (Å²) in [6, 6.07) is 19.6. The smallest absolute Gasteiger partial charge is 0.242 e. The Labute approximate surface area is 222 Å². The van der Waals surface area contributed by atoms with Crippen LogP contribution in [0.3, 0.4) is 0 Å². The molecule has 0 bridgehead atoms. The molecule has 1 saturated heterocycles. The molecule has 3 aromatic rings. The second-order valence-corrected chi connectivity index (χ2v) is 10.0. The van der Waals surface area contributed by atoms with Crippen LogP contribution in [0.5, 0.6) is 11.5 Å². The number of benzene rings is 2. The fraction of sp³-hybridized carbons (Fsp3) is 0.379. The van der Waals surface area contributed by atoms with Gasteiger partial charge in [0.2, 0.25) is 18.6 Å². The lowest BCUT2D eigenvalue weighted by molar-refractivity contribution is -0.145. The molecule has 0 spiro atoms. The summed E-state index contributed by atoms with van der Waals surface area (Å²) in [7, 11) is 0. The van der Waals surface area contributed by atoms with E-state index in [0.717, 1.165) is 41.9 Å². The zero-order valence-electron chi connectivity index (χ0n) is 21.3. The van der Waals surface area contributed by atoms with Crippen molar-refractivity contribution in [1.29, 1.82) is 0 Å². The number of aromatic nitrogens is 2. The standard InChI is InChI=1S/C29H31N5O4/c35-28(19-34(29(36)23-7-4-8-23)18-21-9-11-25-26(17-21)38-20-37-25)33-15-13-32(14-16-33)27-12-10-24(30-31-27)22-5-2-1-3-6-22/h1-3,5-6,9-12,17,23H,4,7-8,13-16,18-20H2. The predicted octanol–water partition coefficient (Wildman–Crippen LogP) is 3.35. The average molecular weight is 514 g/mol. The van der Waals surface area contributed by atoms with Gasteiger partial charge in [-0.05, 0) is 42.7 Å². The van der Waals surface area contributed by atoms with Gasteiger partial charge in [-0.2, -0.15) is 0 Å². The summed E-state index contributed by atoms with van der Waals surface area (Å²) in [5.41, 5.74) is 2.79. The molecule has 2 aromatic carbocycles. The molecule has 2 amide bonds. The van der Waals surface area contributed by atoms with E-state index in [-0.39, 0.29) is 31.1 Å². The second kappa shape index (κ2) is 10.7. The Bertz CT molecular complexity index is 1290.